The Bertz CT molecular complexity index is 396. The summed E-state index contributed by atoms with van der Waals surface area (Å²) in [7, 11) is -4.06. The largest absolute Gasteiger partial charge is 0.481 e. The van der Waals surface area contributed by atoms with Crippen LogP contribution in [0.5, 0.6) is 0 Å². The van der Waals surface area contributed by atoms with Crippen molar-refractivity contribution in [3.63, 3.8) is 0 Å². The molecule has 0 aromatic carbocycles. The van der Waals surface area contributed by atoms with Crippen LogP contribution in [0.2, 0.25) is 0 Å². The number of carbonyl (C=O) groups is 1. The summed E-state index contributed by atoms with van der Waals surface area (Å²) in [6.45, 7) is 1.08. The lowest BCUT2D eigenvalue weighted by Crippen LogP contribution is -2.44. The molecule has 10 heteroatoms. The summed E-state index contributed by atoms with van der Waals surface area (Å²) in [5.74, 6) is -3.83. The molecule has 0 bridgehead atoms. The van der Waals surface area contributed by atoms with Crippen molar-refractivity contribution < 1.29 is 31.5 Å². The predicted molar refractivity (Wildman–Crippen MR) is 57.0 cm³/mol. The van der Waals surface area contributed by atoms with E-state index in [-0.39, 0.29) is 0 Å². The van der Waals surface area contributed by atoms with Crippen molar-refractivity contribution in [2.45, 2.75) is 37.2 Å². The highest BCUT2D eigenvalue weighted by molar-refractivity contribution is 7.89. The number of halogens is 3. The summed E-state index contributed by atoms with van der Waals surface area (Å²) in [4.78, 5) is 10.3. The zero-order valence-electron chi connectivity index (χ0n) is 9.52. The average molecular weight is 292 g/mol. The first-order valence-electron chi connectivity index (χ1n) is 4.91. The molecule has 3 unspecified atom stereocenters. The van der Waals surface area contributed by atoms with Crippen molar-refractivity contribution >= 4 is 16.0 Å². The second kappa shape index (κ2) is 5.85. The van der Waals surface area contributed by atoms with Gasteiger partial charge in [-0.15, -0.1) is 0 Å². The molecule has 6 nitrogen and oxygen atoms in total. The van der Waals surface area contributed by atoms with Crippen LogP contribution in [0.1, 0.15) is 19.8 Å². The Morgan fingerprint density at radius 2 is 1.83 bits per heavy atom. The van der Waals surface area contributed by atoms with Crippen molar-refractivity contribution in [3.8, 4) is 0 Å². The van der Waals surface area contributed by atoms with Gasteiger partial charge in [0.05, 0.1) is 17.6 Å². The van der Waals surface area contributed by atoms with Crippen LogP contribution >= 0.6 is 0 Å². The molecule has 0 saturated heterocycles. The van der Waals surface area contributed by atoms with Gasteiger partial charge in [-0.2, -0.15) is 13.2 Å². The van der Waals surface area contributed by atoms with E-state index in [9.17, 15) is 26.4 Å². The lowest BCUT2D eigenvalue weighted by molar-refractivity contribution is -0.185. The number of sulfonamides is 1. The number of hydrogen-bond donors (Lipinski definition) is 3. The van der Waals surface area contributed by atoms with Crippen LogP contribution in [0.4, 0.5) is 13.2 Å². The van der Waals surface area contributed by atoms with Gasteiger partial charge in [0.1, 0.15) is 0 Å². The minimum Gasteiger partial charge on any atom is -0.481 e. The summed E-state index contributed by atoms with van der Waals surface area (Å²) in [5, 5.41) is 11.8. The molecule has 0 aliphatic carbocycles. The lowest BCUT2D eigenvalue weighted by Gasteiger charge is -2.24. The van der Waals surface area contributed by atoms with E-state index in [2.05, 4.69) is 0 Å². The maximum absolute atomic E-state index is 12.5. The molecule has 0 fully saturated rings. The maximum Gasteiger partial charge on any atom is 0.392 e. The molecule has 5 N–H and O–H groups in total. The number of rotatable bonds is 6. The van der Waals surface area contributed by atoms with E-state index in [4.69, 9.17) is 16.0 Å². The van der Waals surface area contributed by atoms with Crippen LogP contribution in [0.3, 0.4) is 0 Å². The highest BCUT2D eigenvalue weighted by atomic mass is 32.2. The third kappa shape index (κ3) is 5.65. The maximum atomic E-state index is 12.5. The Morgan fingerprint density at radius 3 is 2.11 bits per heavy atom. The van der Waals surface area contributed by atoms with Gasteiger partial charge in [-0.25, -0.2) is 13.6 Å². The number of primary sulfonamides is 1. The van der Waals surface area contributed by atoms with E-state index in [1.165, 1.54) is 0 Å². The molecule has 108 valence electrons. The normalized spacial score (nSPS) is 18.1. The summed E-state index contributed by atoms with van der Waals surface area (Å²) >= 11 is 0. The Balaban J connectivity index is 4.84. The molecule has 0 heterocycles. The van der Waals surface area contributed by atoms with Gasteiger partial charge in [0, 0.05) is 6.04 Å². The van der Waals surface area contributed by atoms with Crippen LogP contribution in [-0.4, -0.2) is 37.0 Å². The smallest absolute Gasteiger partial charge is 0.392 e. The molecule has 18 heavy (non-hydrogen) atoms. The van der Waals surface area contributed by atoms with Gasteiger partial charge in [0.2, 0.25) is 10.0 Å². The van der Waals surface area contributed by atoms with Gasteiger partial charge in [-0.1, -0.05) is 0 Å². The zero-order valence-corrected chi connectivity index (χ0v) is 10.3. The van der Waals surface area contributed by atoms with Crippen LogP contribution in [0, 0.1) is 5.92 Å². The number of hydrogen-bond acceptors (Lipinski definition) is 4. The summed E-state index contributed by atoms with van der Waals surface area (Å²) in [6.07, 6.45) is -6.73. The van der Waals surface area contributed by atoms with E-state index < -0.39 is 52.2 Å². The van der Waals surface area contributed by atoms with Gasteiger partial charge in [-0.3, -0.25) is 4.79 Å². The second-order valence-corrected chi connectivity index (χ2v) is 5.95. The molecule has 0 aromatic heterocycles. The first kappa shape index (κ1) is 17.1. The third-order valence-electron chi connectivity index (χ3n) is 2.56. The van der Waals surface area contributed by atoms with Gasteiger partial charge in [0.15, 0.2) is 0 Å². The van der Waals surface area contributed by atoms with Crippen LogP contribution < -0.4 is 10.9 Å². The highest BCUT2D eigenvalue weighted by Crippen LogP contribution is 2.32. The highest BCUT2D eigenvalue weighted by Gasteiger charge is 2.43. The SMILES string of the molecule is CC(C(N)CC(CC(=O)O)C(F)(F)F)S(N)(=O)=O. The van der Waals surface area contributed by atoms with Crippen LogP contribution in [0.15, 0.2) is 0 Å². The first-order valence-corrected chi connectivity index (χ1v) is 6.52. The number of carboxylic acid groups (broad SMARTS) is 1. The van der Waals surface area contributed by atoms with Crippen LogP contribution in [0.25, 0.3) is 0 Å². The molecule has 3 atom stereocenters. The van der Waals surface area contributed by atoms with Crippen molar-refractivity contribution in [1.82, 2.24) is 0 Å². The van der Waals surface area contributed by atoms with Crippen molar-refractivity contribution in [3.05, 3.63) is 0 Å². The fourth-order valence-corrected chi connectivity index (χ4v) is 1.91. The van der Waals surface area contributed by atoms with Gasteiger partial charge < -0.3 is 10.8 Å². The van der Waals surface area contributed by atoms with Crippen molar-refractivity contribution in [2.75, 3.05) is 0 Å². The molecular weight excluding hydrogens is 277 g/mol. The molecular formula is C8H15F3N2O4S. The summed E-state index contributed by atoms with van der Waals surface area (Å²) in [6, 6.07) is -1.38. The average Bonchev–Trinajstić information content (AvgIpc) is 2.11. The number of nitrogens with two attached hydrogens (primary N) is 2. The molecule has 0 rings (SSSR count). The standard InChI is InChI=1S/C8H15F3N2O4S/c1-4(18(13,16)17)6(12)2-5(3-7(14)15)8(9,10)11/h4-6H,2-3,12H2,1H3,(H,14,15)(H2,13,16,17). The minimum atomic E-state index is -4.76. The van der Waals surface area contributed by atoms with Gasteiger partial charge in [-0.05, 0) is 13.3 Å². The van der Waals surface area contributed by atoms with E-state index in [0.29, 0.717) is 0 Å². The Labute approximate surface area is 102 Å². The quantitative estimate of drug-likeness (QED) is 0.637. The van der Waals surface area contributed by atoms with Gasteiger partial charge in [0.25, 0.3) is 0 Å². The minimum absolute atomic E-state index is 0.812. The fourth-order valence-electron chi connectivity index (χ4n) is 1.31. The molecule has 0 aliphatic heterocycles. The third-order valence-corrected chi connectivity index (χ3v) is 3.95. The van der Waals surface area contributed by atoms with E-state index >= 15 is 0 Å². The molecule has 0 amide bonds. The van der Waals surface area contributed by atoms with Crippen molar-refractivity contribution in [1.29, 1.82) is 0 Å². The van der Waals surface area contributed by atoms with Crippen LogP contribution in [-0.2, 0) is 14.8 Å². The molecule has 0 aliphatic rings. The molecule has 0 saturated carbocycles. The first-order chi connectivity index (χ1) is 7.85. The molecule has 0 aromatic rings. The number of carboxylic acids is 1. The Morgan fingerprint density at radius 1 is 1.39 bits per heavy atom. The zero-order chi connectivity index (χ0) is 14.7. The molecule has 0 radical (unpaired) electrons. The van der Waals surface area contributed by atoms with E-state index in [0.717, 1.165) is 6.92 Å². The number of aliphatic carboxylic acids is 1. The fraction of sp³-hybridized carbons (Fsp3) is 0.875. The number of alkyl halides is 3. The van der Waals surface area contributed by atoms with E-state index in [1.54, 1.807) is 0 Å². The second-order valence-electron chi connectivity index (χ2n) is 4.03. The summed E-state index contributed by atoms with van der Waals surface area (Å²) < 4.78 is 59.4. The van der Waals surface area contributed by atoms with Crippen molar-refractivity contribution in [2.24, 2.45) is 16.8 Å². The lowest BCUT2D eigenvalue weighted by atomic mass is 9.95. The Hall–Kier alpha value is -0.870. The summed E-state index contributed by atoms with van der Waals surface area (Å²) in [5.41, 5.74) is 5.32. The Kier molecular flexibility index (Phi) is 5.56. The monoisotopic (exact) mass is 292 g/mol. The molecule has 0 spiro atoms. The van der Waals surface area contributed by atoms with E-state index in [1.807, 2.05) is 0 Å². The van der Waals surface area contributed by atoms with Gasteiger partial charge >= 0.3 is 12.1 Å². The predicted octanol–water partition coefficient (Wildman–Crippen LogP) is 0.0340. The topological polar surface area (TPSA) is 123 Å².